The van der Waals surface area contributed by atoms with Crippen molar-refractivity contribution in [2.75, 3.05) is 32.7 Å². The number of rotatable bonds is 4. The second-order valence-electron chi connectivity index (χ2n) is 6.98. The lowest BCUT2D eigenvalue weighted by atomic mass is 9.89. The Balaban J connectivity index is 1.63. The van der Waals surface area contributed by atoms with Gasteiger partial charge in [0.15, 0.2) is 0 Å². The van der Waals surface area contributed by atoms with E-state index in [1.54, 1.807) is 0 Å². The first kappa shape index (κ1) is 12.9. The van der Waals surface area contributed by atoms with Gasteiger partial charge < -0.3 is 5.73 Å². The van der Waals surface area contributed by atoms with Crippen LogP contribution >= 0.6 is 0 Å². The van der Waals surface area contributed by atoms with Crippen molar-refractivity contribution in [3.05, 3.63) is 0 Å². The van der Waals surface area contributed by atoms with Gasteiger partial charge in [-0.3, -0.25) is 9.80 Å². The van der Waals surface area contributed by atoms with E-state index in [1.165, 1.54) is 64.7 Å². The van der Waals surface area contributed by atoms with Gasteiger partial charge in [0.2, 0.25) is 0 Å². The summed E-state index contributed by atoms with van der Waals surface area (Å²) in [5.74, 6) is 0.975. The molecular weight excluding hydrogens is 222 g/mol. The minimum Gasteiger partial charge on any atom is -0.329 e. The standard InChI is InChI=1S/C15H29N3/c1-15(12-16,10-13-5-6-13)18-9-8-17-7-3-2-4-14(17)11-18/h13-14H,2-12,16H2,1H3. The summed E-state index contributed by atoms with van der Waals surface area (Å²) in [6.07, 6.45) is 8.46. The molecular formula is C15H29N3. The molecule has 0 amide bonds. The van der Waals surface area contributed by atoms with Crippen molar-refractivity contribution in [1.82, 2.24) is 9.80 Å². The lowest BCUT2D eigenvalue weighted by molar-refractivity contribution is -0.00938. The average Bonchev–Trinajstić information content (AvgIpc) is 3.22. The van der Waals surface area contributed by atoms with Gasteiger partial charge in [-0.2, -0.15) is 0 Å². The minimum atomic E-state index is 0.269. The first-order valence-corrected chi connectivity index (χ1v) is 7.90. The highest BCUT2D eigenvalue weighted by molar-refractivity contribution is 4.97. The molecule has 1 saturated carbocycles. The molecule has 2 unspecified atom stereocenters. The van der Waals surface area contributed by atoms with Crippen LogP contribution in [0.25, 0.3) is 0 Å². The quantitative estimate of drug-likeness (QED) is 0.825. The summed E-state index contributed by atoms with van der Waals surface area (Å²) in [4.78, 5) is 5.44. The summed E-state index contributed by atoms with van der Waals surface area (Å²) in [6.45, 7) is 8.34. The van der Waals surface area contributed by atoms with Crippen LogP contribution in [0.3, 0.4) is 0 Å². The summed E-state index contributed by atoms with van der Waals surface area (Å²) in [6, 6.07) is 0.817. The first-order valence-electron chi connectivity index (χ1n) is 7.90. The van der Waals surface area contributed by atoms with E-state index >= 15 is 0 Å². The topological polar surface area (TPSA) is 32.5 Å². The number of piperidine rings is 1. The third-order valence-electron chi connectivity index (χ3n) is 5.47. The smallest absolute Gasteiger partial charge is 0.0307 e. The fourth-order valence-corrected chi connectivity index (χ4v) is 3.93. The average molecular weight is 251 g/mol. The number of hydrogen-bond acceptors (Lipinski definition) is 3. The van der Waals surface area contributed by atoms with Gasteiger partial charge in [0, 0.05) is 37.8 Å². The van der Waals surface area contributed by atoms with E-state index in [4.69, 9.17) is 5.73 Å². The molecule has 2 heterocycles. The number of fused-ring (bicyclic) bond motifs is 1. The van der Waals surface area contributed by atoms with Crippen LogP contribution in [0.5, 0.6) is 0 Å². The third-order valence-corrected chi connectivity index (χ3v) is 5.47. The van der Waals surface area contributed by atoms with Crippen LogP contribution in [0.2, 0.25) is 0 Å². The zero-order valence-electron chi connectivity index (χ0n) is 11.9. The molecule has 2 saturated heterocycles. The van der Waals surface area contributed by atoms with Crippen molar-refractivity contribution in [2.24, 2.45) is 11.7 Å². The van der Waals surface area contributed by atoms with Crippen LogP contribution in [0.15, 0.2) is 0 Å². The number of nitrogens with zero attached hydrogens (tertiary/aromatic N) is 2. The number of piperazine rings is 1. The number of hydrogen-bond donors (Lipinski definition) is 1. The van der Waals surface area contributed by atoms with Crippen molar-refractivity contribution in [2.45, 2.75) is 57.0 Å². The minimum absolute atomic E-state index is 0.269. The van der Waals surface area contributed by atoms with Gasteiger partial charge >= 0.3 is 0 Å². The monoisotopic (exact) mass is 251 g/mol. The van der Waals surface area contributed by atoms with E-state index in [0.717, 1.165) is 18.5 Å². The molecule has 104 valence electrons. The Bertz CT molecular complexity index is 289. The molecule has 0 aromatic heterocycles. The van der Waals surface area contributed by atoms with Crippen molar-refractivity contribution in [3.8, 4) is 0 Å². The molecule has 3 rings (SSSR count). The zero-order valence-corrected chi connectivity index (χ0v) is 11.9. The lowest BCUT2D eigenvalue weighted by Crippen LogP contribution is -2.62. The van der Waals surface area contributed by atoms with E-state index in [2.05, 4.69) is 16.7 Å². The molecule has 0 spiro atoms. The second-order valence-corrected chi connectivity index (χ2v) is 6.98. The summed E-state index contributed by atoms with van der Waals surface area (Å²) in [5, 5.41) is 0. The summed E-state index contributed by atoms with van der Waals surface area (Å²) < 4.78 is 0. The Morgan fingerprint density at radius 1 is 1.11 bits per heavy atom. The normalized spacial score (nSPS) is 34.0. The fourth-order valence-electron chi connectivity index (χ4n) is 3.93. The molecule has 0 aromatic rings. The second kappa shape index (κ2) is 5.10. The summed E-state index contributed by atoms with van der Waals surface area (Å²) >= 11 is 0. The number of nitrogens with two attached hydrogens (primary N) is 1. The Morgan fingerprint density at radius 3 is 2.67 bits per heavy atom. The van der Waals surface area contributed by atoms with Crippen molar-refractivity contribution < 1.29 is 0 Å². The molecule has 3 heteroatoms. The van der Waals surface area contributed by atoms with E-state index in [1.807, 2.05) is 0 Å². The molecule has 0 bridgehead atoms. The maximum atomic E-state index is 6.13. The summed E-state index contributed by atoms with van der Waals surface area (Å²) in [7, 11) is 0. The van der Waals surface area contributed by atoms with Crippen LogP contribution in [0.1, 0.15) is 45.4 Å². The highest BCUT2D eigenvalue weighted by Crippen LogP contribution is 2.39. The molecule has 0 radical (unpaired) electrons. The first-order chi connectivity index (χ1) is 8.71. The Morgan fingerprint density at radius 2 is 1.94 bits per heavy atom. The molecule has 3 fully saturated rings. The zero-order chi connectivity index (χ0) is 12.6. The van der Waals surface area contributed by atoms with Crippen molar-refractivity contribution in [3.63, 3.8) is 0 Å². The van der Waals surface area contributed by atoms with Gasteiger partial charge in [0.1, 0.15) is 0 Å². The fraction of sp³-hybridized carbons (Fsp3) is 1.00. The van der Waals surface area contributed by atoms with E-state index in [0.29, 0.717) is 0 Å². The SMILES string of the molecule is CC(CN)(CC1CC1)N1CCN2CCCCC2C1. The molecule has 0 aromatic carbocycles. The third kappa shape index (κ3) is 2.59. The van der Waals surface area contributed by atoms with Gasteiger partial charge in [0.25, 0.3) is 0 Å². The highest BCUT2D eigenvalue weighted by atomic mass is 15.3. The highest BCUT2D eigenvalue weighted by Gasteiger charge is 2.40. The predicted molar refractivity (Wildman–Crippen MR) is 75.6 cm³/mol. The van der Waals surface area contributed by atoms with Crippen molar-refractivity contribution in [1.29, 1.82) is 0 Å². The molecule has 1 aliphatic carbocycles. The van der Waals surface area contributed by atoms with Crippen LogP contribution in [-0.2, 0) is 0 Å². The molecule has 3 nitrogen and oxygen atoms in total. The van der Waals surface area contributed by atoms with E-state index < -0.39 is 0 Å². The van der Waals surface area contributed by atoms with Gasteiger partial charge in [-0.1, -0.05) is 19.3 Å². The Labute approximate surface area is 112 Å². The van der Waals surface area contributed by atoms with Crippen LogP contribution in [0, 0.1) is 5.92 Å². The molecule has 18 heavy (non-hydrogen) atoms. The largest absolute Gasteiger partial charge is 0.329 e. The van der Waals surface area contributed by atoms with Crippen LogP contribution in [0.4, 0.5) is 0 Å². The van der Waals surface area contributed by atoms with E-state index in [-0.39, 0.29) is 5.54 Å². The predicted octanol–water partition coefficient (Wildman–Crippen LogP) is 1.67. The van der Waals surface area contributed by atoms with Gasteiger partial charge in [-0.25, -0.2) is 0 Å². The Hall–Kier alpha value is -0.120. The maximum Gasteiger partial charge on any atom is 0.0307 e. The van der Waals surface area contributed by atoms with E-state index in [9.17, 15) is 0 Å². The lowest BCUT2D eigenvalue weighted by Gasteiger charge is -2.50. The van der Waals surface area contributed by atoms with Crippen LogP contribution in [-0.4, -0.2) is 54.1 Å². The van der Waals surface area contributed by atoms with Crippen molar-refractivity contribution >= 4 is 0 Å². The maximum absolute atomic E-state index is 6.13. The van der Waals surface area contributed by atoms with Gasteiger partial charge in [0.05, 0.1) is 0 Å². The van der Waals surface area contributed by atoms with Gasteiger partial charge in [-0.15, -0.1) is 0 Å². The molecule has 2 aliphatic heterocycles. The molecule has 3 aliphatic rings. The molecule has 2 atom stereocenters. The van der Waals surface area contributed by atoms with Gasteiger partial charge in [-0.05, 0) is 38.6 Å². The van der Waals surface area contributed by atoms with Crippen LogP contribution < -0.4 is 5.73 Å². The summed E-state index contributed by atoms with van der Waals surface area (Å²) in [5.41, 5.74) is 6.40. The molecule has 2 N–H and O–H groups in total. The Kier molecular flexibility index (Phi) is 3.65.